The number of hydrogen-bond donors (Lipinski definition) is 2. The van der Waals surface area contributed by atoms with Gasteiger partial charge in [0.25, 0.3) is 0 Å². The SMILES string of the molecule is CCN1CCCC1CNC(N)=NCC(c1ccc(Cl)cc1)N1CCOCC1. The molecule has 150 valence electrons. The highest BCUT2D eigenvalue weighted by atomic mass is 35.5. The van der Waals surface area contributed by atoms with Crippen LogP contribution in [0.3, 0.4) is 0 Å². The van der Waals surface area contributed by atoms with E-state index in [9.17, 15) is 0 Å². The van der Waals surface area contributed by atoms with Gasteiger partial charge in [0.15, 0.2) is 5.96 Å². The molecular formula is C20H32ClN5O. The molecule has 6 nitrogen and oxygen atoms in total. The highest BCUT2D eigenvalue weighted by molar-refractivity contribution is 6.30. The van der Waals surface area contributed by atoms with Gasteiger partial charge in [-0.25, -0.2) is 0 Å². The van der Waals surface area contributed by atoms with Crippen molar-refractivity contribution in [2.45, 2.75) is 31.8 Å². The molecule has 27 heavy (non-hydrogen) atoms. The number of nitrogens with zero attached hydrogens (tertiary/aromatic N) is 3. The molecule has 7 heteroatoms. The number of benzene rings is 1. The number of guanidine groups is 1. The molecule has 0 aromatic heterocycles. The van der Waals surface area contributed by atoms with Crippen LogP contribution in [0, 0.1) is 0 Å². The maximum atomic E-state index is 6.17. The van der Waals surface area contributed by atoms with Crippen LogP contribution in [0.1, 0.15) is 31.4 Å². The Hall–Kier alpha value is -1.34. The summed E-state index contributed by atoms with van der Waals surface area (Å²) in [4.78, 5) is 9.58. The lowest BCUT2D eigenvalue weighted by Crippen LogP contribution is -2.43. The molecule has 2 saturated heterocycles. The molecule has 3 N–H and O–H groups in total. The van der Waals surface area contributed by atoms with Gasteiger partial charge in [-0.1, -0.05) is 30.7 Å². The number of halogens is 1. The summed E-state index contributed by atoms with van der Waals surface area (Å²) in [5.74, 6) is 0.533. The number of hydrogen-bond acceptors (Lipinski definition) is 4. The molecule has 0 spiro atoms. The fourth-order valence-electron chi connectivity index (χ4n) is 4.01. The number of ether oxygens (including phenoxy) is 1. The lowest BCUT2D eigenvalue weighted by Gasteiger charge is -2.34. The molecule has 2 fully saturated rings. The molecular weight excluding hydrogens is 362 g/mol. The van der Waals surface area contributed by atoms with E-state index < -0.39 is 0 Å². The minimum Gasteiger partial charge on any atom is -0.379 e. The van der Waals surface area contributed by atoms with Gasteiger partial charge in [0.2, 0.25) is 0 Å². The van der Waals surface area contributed by atoms with Gasteiger partial charge >= 0.3 is 0 Å². The molecule has 0 bridgehead atoms. The quantitative estimate of drug-likeness (QED) is 0.548. The van der Waals surface area contributed by atoms with E-state index in [0.717, 1.165) is 44.4 Å². The maximum Gasteiger partial charge on any atom is 0.188 e. The van der Waals surface area contributed by atoms with Crippen LogP contribution in [0.5, 0.6) is 0 Å². The molecule has 2 aliphatic rings. The van der Waals surface area contributed by atoms with Crippen LogP contribution in [0.15, 0.2) is 29.3 Å². The average molecular weight is 394 g/mol. The molecule has 2 unspecified atom stereocenters. The van der Waals surface area contributed by atoms with E-state index >= 15 is 0 Å². The number of likely N-dealkylation sites (N-methyl/N-ethyl adjacent to an activating group) is 1. The summed E-state index contributed by atoms with van der Waals surface area (Å²) in [6.45, 7) is 9.33. The van der Waals surface area contributed by atoms with Crippen LogP contribution in [-0.2, 0) is 4.74 Å². The molecule has 2 atom stereocenters. The molecule has 0 saturated carbocycles. The number of rotatable bonds is 7. The Balaban J connectivity index is 1.60. The van der Waals surface area contributed by atoms with Gasteiger partial charge in [-0.05, 0) is 43.6 Å². The molecule has 2 aliphatic heterocycles. The number of nitrogens with one attached hydrogen (secondary N) is 1. The highest BCUT2D eigenvalue weighted by Gasteiger charge is 2.24. The molecule has 2 heterocycles. The molecule has 3 rings (SSSR count). The summed E-state index contributed by atoms with van der Waals surface area (Å²) in [6.07, 6.45) is 2.50. The van der Waals surface area contributed by atoms with Gasteiger partial charge < -0.3 is 15.8 Å². The first-order valence-corrected chi connectivity index (χ1v) is 10.4. The normalized spacial score (nSPS) is 23.5. The molecule has 0 amide bonds. The second-order valence-corrected chi connectivity index (χ2v) is 7.68. The van der Waals surface area contributed by atoms with Gasteiger partial charge in [0.1, 0.15) is 0 Å². The summed E-state index contributed by atoms with van der Waals surface area (Å²) in [5.41, 5.74) is 7.39. The molecule has 1 aromatic carbocycles. The maximum absolute atomic E-state index is 6.17. The Bertz CT molecular complexity index is 603. The zero-order chi connectivity index (χ0) is 19.1. The Labute approximate surface area is 167 Å². The first kappa shape index (κ1) is 20.4. The summed E-state index contributed by atoms with van der Waals surface area (Å²) in [5, 5.41) is 4.08. The van der Waals surface area contributed by atoms with E-state index in [1.165, 1.54) is 24.9 Å². The topological polar surface area (TPSA) is 66.1 Å². The third-order valence-corrected chi connectivity index (χ3v) is 5.85. The van der Waals surface area contributed by atoms with Crippen LogP contribution in [-0.4, -0.2) is 74.3 Å². The van der Waals surface area contributed by atoms with Crippen LogP contribution < -0.4 is 11.1 Å². The van der Waals surface area contributed by atoms with Gasteiger partial charge in [-0.3, -0.25) is 14.8 Å². The minimum absolute atomic E-state index is 0.185. The predicted octanol–water partition coefficient (Wildman–Crippen LogP) is 2.10. The summed E-state index contributed by atoms with van der Waals surface area (Å²) in [7, 11) is 0. The van der Waals surface area contributed by atoms with Crippen molar-refractivity contribution in [3.05, 3.63) is 34.9 Å². The smallest absolute Gasteiger partial charge is 0.188 e. The fraction of sp³-hybridized carbons (Fsp3) is 0.650. The first-order valence-electron chi connectivity index (χ1n) is 10.0. The zero-order valence-corrected chi connectivity index (χ0v) is 17.0. The predicted molar refractivity (Wildman–Crippen MR) is 111 cm³/mol. The standard InChI is InChI=1S/C20H32ClN5O/c1-2-25-9-3-4-18(25)14-23-20(22)24-15-19(26-10-12-27-13-11-26)16-5-7-17(21)8-6-16/h5-8,18-19H,2-4,9-15H2,1H3,(H3,22,23,24). The number of morpholine rings is 1. The second kappa shape index (κ2) is 10.3. The summed E-state index contributed by atoms with van der Waals surface area (Å²) >= 11 is 6.06. The minimum atomic E-state index is 0.185. The van der Waals surface area contributed by atoms with E-state index in [-0.39, 0.29) is 6.04 Å². The highest BCUT2D eigenvalue weighted by Crippen LogP contribution is 2.24. The van der Waals surface area contributed by atoms with Crippen molar-refractivity contribution in [1.82, 2.24) is 15.1 Å². The van der Waals surface area contributed by atoms with E-state index in [0.29, 0.717) is 18.5 Å². The van der Waals surface area contributed by atoms with Crippen LogP contribution >= 0.6 is 11.6 Å². The van der Waals surface area contributed by atoms with Gasteiger partial charge in [0.05, 0.1) is 25.8 Å². The van der Waals surface area contributed by atoms with E-state index in [4.69, 9.17) is 22.1 Å². The fourth-order valence-corrected chi connectivity index (χ4v) is 4.14. The van der Waals surface area contributed by atoms with Gasteiger partial charge in [-0.2, -0.15) is 0 Å². The Kier molecular flexibility index (Phi) is 7.76. The van der Waals surface area contributed by atoms with Gasteiger partial charge in [-0.15, -0.1) is 0 Å². The largest absolute Gasteiger partial charge is 0.379 e. The van der Waals surface area contributed by atoms with E-state index in [2.05, 4.69) is 39.2 Å². The average Bonchev–Trinajstić information content (AvgIpc) is 3.16. The molecule has 1 aromatic rings. The summed E-state index contributed by atoms with van der Waals surface area (Å²) < 4.78 is 5.51. The third-order valence-electron chi connectivity index (χ3n) is 5.60. The van der Waals surface area contributed by atoms with Crippen LogP contribution in [0.4, 0.5) is 0 Å². The zero-order valence-electron chi connectivity index (χ0n) is 16.2. The molecule has 0 aliphatic carbocycles. The Morgan fingerprint density at radius 3 is 2.74 bits per heavy atom. The third kappa shape index (κ3) is 5.82. The first-order chi connectivity index (χ1) is 13.2. The molecule has 0 radical (unpaired) electrons. The number of nitrogens with two attached hydrogens (primary N) is 1. The summed E-state index contributed by atoms with van der Waals surface area (Å²) in [6, 6.07) is 8.79. The lowest BCUT2D eigenvalue weighted by molar-refractivity contribution is 0.0180. The van der Waals surface area contributed by atoms with Gasteiger partial charge in [0, 0.05) is 30.7 Å². The lowest BCUT2D eigenvalue weighted by atomic mass is 10.0. The Morgan fingerprint density at radius 2 is 2.04 bits per heavy atom. The van der Waals surface area contributed by atoms with Crippen molar-refractivity contribution in [1.29, 1.82) is 0 Å². The number of likely N-dealkylation sites (tertiary alicyclic amines) is 1. The van der Waals surface area contributed by atoms with Crippen molar-refractivity contribution in [2.24, 2.45) is 10.7 Å². The van der Waals surface area contributed by atoms with Crippen LogP contribution in [0.25, 0.3) is 0 Å². The monoisotopic (exact) mass is 393 g/mol. The van der Waals surface area contributed by atoms with Crippen molar-refractivity contribution in [3.63, 3.8) is 0 Å². The van der Waals surface area contributed by atoms with Crippen molar-refractivity contribution in [3.8, 4) is 0 Å². The van der Waals surface area contributed by atoms with Crippen molar-refractivity contribution >= 4 is 17.6 Å². The van der Waals surface area contributed by atoms with E-state index in [1.54, 1.807) is 0 Å². The Morgan fingerprint density at radius 1 is 1.30 bits per heavy atom. The van der Waals surface area contributed by atoms with E-state index in [1.807, 2.05) is 12.1 Å². The second-order valence-electron chi connectivity index (χ2n) is 7.25. The number of aliphatic imine (C=N–C) groups is 1. The van der Waals surface area contributed by atoms with Crippen molar-refractivity contribution < 1.29 is 4.74 Å². The van der Waals surface area contributed by atoms with Crippen LogP contribution in [0.2, 0.25) is 5.02 Å². The van der Waals surface area contributed by atoms with Crippen molar-refractivity contribution in [2.75, 3.05) is 52.5 Å².